The maximum atomic E-state index is 11.7. The molecule has 1 aliphatic heterocycles. The first-order valence-electron chi connectivity index (χ1n) is 12.9. The molecule has 0 radical (unpaired) electrons. The van der Waals surface area contributed by atoms with Crippen molar-refractivity contribution in [3.05, 3.63) is 23.8 Å². The third-order valence-electron chi connectivity index (χ3n) is 7.39. The summed E-state index contributed by atoms with van der Waals surface area (Å²) in [6.45, 7) is 3.00. The summed E-state index contributed by atoms with van der Waals surface area (Å²) in [6, 6.07) is 0. The molecular weight excluding hydrogens is 440 g/mol. The smallest absolute Gasteiger partial charge is 0.374 e. The van der Waals surface area contributed by atoms with Crippen molar-refractivity contribution in [1.29, 1.82) is 0 Å². The zero-order valence-corrected chi connectivity index (χ0v) is 21.1. The lowest BCUT2D eigenvalue weighted by Crippen LogP contribution is -2.30. The molecular formula is C27H41ClO5. The largest absolute Gasteiger partial charge is 0.463 e. The van der Waals surface area contributed by atoms with Crippen LogP contribution in [0.5, 0.6) is 0 Å². The number of halogens is 1. The molecule has 0 N–H and O–H groups in total. The summed E-state index contributed by atoms with van der Waals surface area (Å²) in [5.41, 5.74) is 1.41. The molecule has 3 aliphatic rings. The van der Waals surface area contributed by atoms with Crippen LogP contribution in [0, 0.1) is 17.8 Å². The summed E-state index contributed by atoms with van der Waals surface area (Å²) >= 11 is 6.51. The maximum absolute atomic E-state index is 11.7. The zero-order chi connectivity index (χ0) is 23.6. The number of esters is 1. The first kappa shape index (κ1) is 26.4. The third kappa shape index (κ3) is 7.93. The average molecular weight is 481 g/mol. The fourth-order valence-corrected chi connectivity index (χ4v) is 5.88. The Morgan fingerprint density at radius 1 is 1.27 bits per heavy atom. The van der Waals surface area contributed by atoms with Crippen LogP contribution < -0.4 is 0 Å². The fourth-order valence-electron chi connectivity index (χ4n) is 5.62. The molecule has 2 aliphatic carbocycles. The number of carbonyl (C=O) groups is 2. The number of ether oxygens (including phenoxy) is 3. The molecule has 0 bridgehead atoms. The van der Waals surface area contributed by atoms with Gasteiger partial charge in [-0.05, 0) is 69.6 Å². The Morgan fingerprint density at radius 2 is 2.12 bits per heavy atom. The lowest BCUT2D eigenvalue weighted by atomic mass is 9.90. The molecule has 33 heavy (non-hydrogen) atoms. The van der Waals surface area contributed by atoms with Gasteiger partial charge in [0.1, 0.15) is 0 Å². The predicted molar refractivity (Wildman–Crippen MR) is 130 cm³/mol. The van der Waals surface area contributed by atoms with Crippen molar-refractivity contribution in [3.63, 3.8) is 0 Å². The van der Waals surface area contributed by atoms with Crippen LogP contribution in [0.1, 0.15) is 84.0 Å². The Balaban J connectivity index is 1.59. The standard InChI is InChI=1S/C27H41ClO5/c1-3-4-10-21(28)11-8-12-22-23-17-19(9-7-13-24(29)27(30)31-2)16-20(23)18-25(22)33-26-14-5-6-15-32-26/h8-9,12,20-23,25-26H,3-7,10-11,13-18H2,1-2H3/t20-,21?,22-,23+,25-,26?/m1/s1. The highest BCUT2D eigenvalue weighted by Gasteiger charge is 2.47. The Morgan fingerprint density at radius 3 is 2.85 bits per heavy atom. The van der Waals surface area contributed by atoms with Crippen LogP contribution in [-0.2, 0) is 23.8 Å². The number of rotatable bonds is 12. The number of unbranched alkanes of at least 4 members (excludes halogenated alkanes) is 1. The Bertz CT molecular complexity index is 697. The summed E-state index contributed by atoms with van der Waals surface area (Å²) in [4.78, 5) is 23.0. The van der Waals surface area contributed by atoms with Crippen LogP contribution in [0.15, 0.2) is 23.8 Å². The second kappa shape index (κ2) is 13.7. The molecule has 0 aromatic heterocycles. The van der Waals surface area contributed by atoms with E-state index in [1.807, 2.05) is 0 Å². The normalized spacial score (nSPS) is 31.7. The fraction of sp³-hybridized carbons (Fsp3) is 0.778. The van der Waals surface area contributed by atoms with Crippen LogP contribution in [0.4, 0.5) is 0 Å². The Hall–Kier alpha value is -1.17. The van der Waals surface area contributed by atoms with Crippen molar-refractivity contribution in [2.75, 3.05) is 13.7 Å². The number of fused-ring (bicyclic) bond motifs is 1. The van der Waals surface area contributed by atoms with Gasteiger partial charge < -0.3 is 14.2 Å². The van der Waals surface area contributed by atoms with Crippen LogP contribution in [-0.4, -0.2) is 43.2 Å². The van der Waals surface area contributed by atoms with E-state index >= 15 is 0 Å². The number of Topliss-reactive ketones (excluding diaryl/α,β-unsaturated/α-hetero) is 1. The average Bonchev–Trinajstić information content (AvgIpc) is 3.35. The van der Waals surface area contributed by atoms with E-state index < -0.39 is 11.8 Å². The van der Waals surface area contributed by atoms with Crippen molar-refractivity contribution >= 4 is 23.4 Å². The van der Waals surface area contributed by atoms with Gasteiger partial charge in [0.2, 0.25) is 5.78 Å². The number of carbonyl (C=O) groups excluding carboxylic acids is 2. The minimum absolute atomic E-state index is 0.0665. The van der Waals surface area contributed by atoms with E-state index in [4.69, 9.17) is 21.1 Å². The van der Waals surface area contributed by atoms with E-state index in [1.165, 1.54) is 31.9 Å². The molecule has 1 heterocycles. The highest BCUT2D eigenvalue weighted by molar-refractivity contribution is 6.33. The van der Waals surface area contributed by atoms with E-state index in [0.717, 1.165) is 51.6 Å². The molecule has 1 saturated heterocycles. The number of alkyl halides is 1. The van der Waals surface area contributed by atoms with E-state index in [0.29, 0.717) is 24.2 Å². The van der Waals surface area contributed by atoms with Gasteiger partial charge in [-0.1, -0.05) is 43.6 Å². The quantitative estimate of drug-likeness (QED) is 0.145. The summed E-state index contributed by atoms with van der Waals surface area (Å²) in [5, 5.41) is 0.200. The minimum atomic E-state index is -0.747. The Labute approximate surface area is 204 Å². The van der Waals surface area contributed by atoms with E-state index in [2.05, 4.69) is 29.9 Å². The van der Waals surface area contributed by atoms with Gasteiger partial charge in [-0.3, -0.25) is 4.79 Å². The topological polar surface area (TPSA) is 61.8 Å². The Kier molecular flexibility index (Phi) is 10.9. The van der Waals surface area contributed by atoms with Crippen molar-refractivity contribution in [1.82, 2.24) is 0 Å². The van der Waals surface area contributed by atoms with Gasteiger partial charge in [0, 0.05) is 24.3 Å². The summed E-state index contributed by atoms with van der Waals surface area (Å²) in [7, 11) is 1.25. The van der Waals surface area contributed by atoms with E-state index in [1.54, 1.807) is 0 Å². The molecule has 6 heteroatoms. The highest BCUT2D eigenvalue weighted by atomic mass is 35.5. The van der Waals surface area contributed by atoms with Gasteiger partial charge in [0.25, 0.3) is 0 Å². The predicted octanol–water partition coefficient (Wildman–Crippen LogP) is 6.14. The molecule has 0 amide bonds. The number of hydrogen-bond acceptors (Lipinski definition) is 5. The van der Waals surface area contributed by atoms with Gasteiger partial charge in [-0.25, -0.2) is 4.79 Å². The lowest BCUT2D eigenvalue weighted by molar-refractivity contribution is -0.193. The number of ketones is 1. The highest BCUT2D eigenvalue weighted by Crippen LogP contribution is 2.52. The first-order chi connectivity index (χ1) is 16.0. The molecule has 0 aromatic carbocycles. The summed E-state index contributed by atoms with van der Waals surface area (Å²) in [6.07, 6.45) is 18.5. The molecule has 3 fully saturated rings. The van der Waals surface area contributed by atoms with Gasteiger partial charge in [-0.15, -0.1) is 11.6 Å². The molecule has 0 spiro atoms. The van der Waals surface area contributed by atoms with Crippen molar-refractivity contribution < 1.29 is 23.8 Å². The second-order valence-electron chi connectivity index (χ2n) is 9.84. The van der Waals surface area contributed by atoms with Crippen LogP contribution in [0.3, 0.4) is 0 Å². The first-order valence-corrected chi connectivity index (χ1v) is 13.3. The van der Waals surface area contributed by atoms with Gasteiger partial charge in [0.15, 0.2) is 6.29 Å². The summed E-state index contributed by atoms with van der Waals surface area (Å²) < 4.78 is 16.9. The molecule has 2 saturated carbocycles. The molecule has 2 unspecified atom stereocenters. The summed E-state index contributed by atoms with van der Waals surface area (Å²) in [5.74, 6) is 0.332. The minimum Gasteiger partial charge on any atom is -0.463 e. The van der Waals surface area contributed by atoms with Gasteiger partial charge in [0.05, 0.1) is 13.2 Å². The maximum Gasteiger partial charge on any atom is 0.374 e. The van der Waals surface area contributed by atoms with E-state index in [-0.39, 0.29) is 24.2 Å². The number of allylic oxidation sites excluding steroid dienone is 3. The van der Waals surface area contributed by atoms with Crippen LogP contribution >= 0.6 is 11.6 Å². The molecule has 0 aromatic rings. The third-order valence-corrected chi connectivity index (χ3v) is 7.79. The van der Waals surface area contributed by atoms with Gasteiger partial charge in [-0.2, -0.15) is 0 Å². The number of methoxy groups -OCH3 is 1. The van der Waals surface area contributed by atoms with Gasteiger partial charge >= 0.3 is 5.97 Å². The van der Waals surface area contributed by atoms with Crippen molar-refractivity contribution in [2.45, 2.75) is 102 Å². The molecule has 5 nitrogen and oxygen atoms in total. The molecule has 186 valence electrons. The van der Waals surface area contributed by atoms with Crippen molar-refractivity contribution in [2.24, 2.45) is 17.8 Å². The molecule has 3 rings (SSSR count). The SMILES string of the molecule is CCCCC(Cl)CC=C[C@@H]1[C@H]2CC(=CCCC(=O)C(=O)OC)C[C@@H]2C[C@H]1OC1CCCCO1. The number of hydrogen-bond donors (Lipinski definition) is 0. The second-order valence-corrected chi connectivity index (χ2v) is 10.5. The molecule has 6 atom stereocenters. The van der Waals surface area contributed by atoms with E-state index in [9.17, 15) is 9.59 Å². The zero-order valence-electron chi connectivity index (χ0n) is 20.3. The van der Waals surface area contributed by atoms with Crippen molar-refractivity contribution in [3.8, 4) is 0 Å². The lowest BCUT2D eigenvalue weighted by Gasteiger charge is -2.29. The van der Waals surface area contributed by atoms with Crippen LogP contribution in [0.2, 0.25) is 0 Å². The van der Waals surface area contributed by atoms with Crippen LogP contribution in [0.25, 0.3) is 0 Å². The monoisotopic (exact) mass is 480 g/mol.